The van der Waals surface area contributed by atoms with Crippen molar-refractivity contribution in [2.24, 2.45) is 0 Å². The molecule has 7 aromatic carbocycles. The van der Waals surface area contributed by atoms with Gasteiger partial charge in [-0.2, -0.15) is 0 Å². The molecule has 0 atom stereocenters. The molecule has 232 valence electrons. The van der Waals surface area contributed by atoms with Gasteiger partial charge in [0.25, 0.3) is 11.4 Å². The SMILES string of the molecule is C1=[N+](c2ccccc2)c2ccccc2[N+]=1c1ccccc1.[Au+].c1ccc(N(c2ccccc2)c2ccc3[n-]c4ccccc4c3c2)cc1. The molecule has 2 heterocycles. The average Bonchev–Trinajstić information content (AvgIpc) is 3.73. The predicted octanol–water partition coefficient (Wildman–Crippen LogP) is 11.0. The van der Waals surface area contributed by atoms with E-state index in [9.17, 15) is 0 Å². The van der Waals surface area contributed by atoms with Crippen LogP contribution in [0.25, 0.3) is 21.8 Å². The van der Waals surface area contributed by atoms with Gasteiger partial charge in [0.05, 0.1) is 0 Å². The van der Waals surface area contributed by atoms with Crippen LogP contribution >= 0.6 is 0 Å². The number of hydrogen-bond acceptors (Lipinski definition) is 1. The van der Waals surface area contributed by atoms with E-state index in [1.807, 2.05) is 54.6 Å². The number of nitrogens with zero attached hydrogens (tertiary/aromatic N) is 4. The molecular weight excluding hydrogens is 769 g/mol. The molecule has 5 heteroatoms. The van der Waals surface area contributed by atoms with E-state index < -0.39 is 0 Å². The second-order valence-electron chi connectivity index (χ2n) is 11.3. The van der Waals surface area contributed by atoms with Gasteiger partial charge in [0, 0.05) is 53.5 Å². The molecule has 8 aromatic rings. The summed E-state index contributed by atoms with van der Waals surface area (Å²) in [5.41, 5.74) is 10.0. The van der Waals surface area contributed by atoms with Crippen LogP contribution in [0.2, 0.25) is 0 Å². The van der Waals surface area contributed by atoms with Crippen molar-refractivity contribution in [2.45, 2.75) is 0 Å². The zero-order chi connectivity index (χ0) is 31.4. The molecule has 0 saturated heterocycles. The van der Waals surface area contributed by atoms with E-state index in [4.69, 9.17) is 4.98 Å². The molecular formula is C43H31AuN4+2. The Balaban J connectivity index is 0.000000152. The van der Waals surface area contributed by atoms with Gasteiger partial charge in [-0.1, -0.05) is 115 Å². The summed E-state index contributed by atoms with van der Waals surface area (Å²) in [5, 5.41) is 2.39. The topological polar surface area (TPSA) is 23.4 Å². The summed E-state index contributed by atoms with van der Waals surface area (Å²) in [6, 6.07) is 68.2. The monoisotopic (exact) mass is 800 g/mol. The molecule has 1 aliphatic heterocycles. The second-order valence-corrected chi connectivity index (χ2v) is 11.3. The summed E-state index contributed by atoms with van der Waals surface area (Å²) in [4.78, 5) is 7.02. The average molecular weight is 801 g/mol. The molecule has 0 aliphatic carbocycles. The fourth-order valence-electron chi connectivity index (χ4n) is 6.10. The Morgan fingerprint density at radius 1 is 0.396 bits per heavy atom. The van der Waals surface area contributed by atoms with E-state index >= 15 is 0 Å². The molecule has 0 unspecified atom stereocenters. The van der Waals surface area contributed by atoms with Gasteiger partial charge in [0.2, 0.25) is 11.4 Å². The van der Waals surface area contributed by atoms with Crippen LogP contribution in [-0.4, -0.2) is 6.01 Å². The maximum absolute atomic E-state index is 4.74. The molecule has 0 N–H and O–H groups in total. The smallest absolute Gasteiger partial charge is 0.657 e. The summed E-state index contributed by atoms with van der Waals surface area (Å²) in [7, 11) is 0. The fourth-order valence-corrected chi connectivity index (χ4v) is 6.10. The summed E-state index contributed by atoms with van der Waals surface area (Å²) in [5.74, 6) is 0. The number of para-hydroxylation sites is 7. The van der Waals surface area contributed by atoms with Crippen LogP contribution in [-0.2, 0) is 22.4 Å². The maximum atomic E-state index is 4.74. The van der Waals surface area contributed by atoms with E-state index in [0.29, 0.717) is 0 Å². The molecule has 0 bridgehead atoms. The number of rotatable bonds is 5. The van der Waals surface area contributed by atoms with Crippen molar-refractivity contribution in [2.75, 3.05) is 4.90 Å². The van der Waals surface area contributed by atoms with E-state index in [1.165, 1.54) is 10.8 Å². The first-order chi connectivity index (χ1) is 23.3. The first-order valence-electron chi connectivity index (χ1n) is 15.7. The van der Waals surface area contributed by atoms with Crippen LogP contribution in [0.5, 0.6) is 0 Å². The Morgan fingerprint density at radius 2 is 0.833 bits per heavy atom. The van der Waals surface area contributed by atoms with E-state index in [2.05, 4.69) is 154 Å². The molecule has 1 aromatic heterocycles. The Bertz CT molecular complexity index is 2270. The quantitative estimate of drug-likeness (QED) is 0.128. The Hall–Kier alpha value is -5.74. The Morgan fingerprint density at radius 3 is 1.38 bits per heavy atom. The molecule has 48 heavy (non-hydrogen) atoms. The van der Waals surface area contributed by atoms with Gasteiger partial charge in [-0.25, -0.2) is 0 Å². The number of hydrogen-bond donors (Lipinski definition) is 0. The summed E-state index contributed by atoms with van der Waals surface area (Å²) in [6.45, 7) is 0. The molecule has 0 radical (unpaired) electrons. The molecule has 0 spiro atoms. The van der Waals surface area contributed by atoms with Crippen LogP contribution < -0.4 is 19.0 Å². The van der Waals surface area contributed by atoms with Crippen molar-refractivity contribution in [3.8, 4) is 0 Å². The van der Waals surface area contributed by atoms with Crippen LogP contribution in [0, 0.1) is 0 Å². The van der Waals surface area contributed by atoms with Gasteiger partial charge in [-0.15, -0.1) is 11.0 Å². The second kappa shape index (κ2) is 13.9. The van der Waals surface area contributed by atoms with Gasteiger partial charge < -0.3 is 9.88 Å². The largest absolute Gasteiger partial charge is 1.00 e. The minimum Gasteiger partial charge on any atom is -0.657 e. The maximum Gasteiger partial charge on any atom is 1.00 e. The van der Waals surface area contributed by atoms with Crippen LogP contribution in [0.4, 0.5) is 39.8 Å². The van der Waals surface area contributed by atoms with Crippen molar-refractivity contribution in [3.63, 3.8) is 0 Å². The molecule has 4 nitrogen and oxygen atoms in total. The number of aromatic nitrogens is 1. The standard InChI is InChI=1S/C24H17N2.C19H14N2.Au/c1-3-9-18(10-4-1)26(19-11-5-2-6-12-19)20-15-16-24-22(17-20)21-13-7-8-14-23(21)25-24;1-3-9-16(10-4-1)20-15-21(17-11-5-2-6-12-17)19-14-8-7-13-18(19)20;/h1-17H;1-14H;/q-1;+2;+1. The van der Waals surface area contributed by atoms with Crippen molar-refractivity contribution in [1.29, 1.82) is 0 Å². The predicted molar refractivity (Wildman–Crippen MR) is 197 cm³/mol. The zero-order valence-electron chi connectivity index (χ0n) is 26.0. The fraction of sp³-hybridized carbons (Fsp3) is 0. The number of fused-ring (bicyclic) bond motifs is 4. The van der Waals surface area contributed by atoms with E-state index in [1.54, 1.807) is 0 Å². The van der Waals surface area contributed by atoms with Gasteiger partial charge in [-0.05, 0) is 56.3 Å². The van der Waals surface area contributed by atoms with Crippen molar-refractivity contribution in [3.05, 3.63) is 188 Å². The van der Waals surface area contributed by atoms with Gasteiger partial charge >= 0.3 is 28.4 Å². The summed E-state index contributed by atoms with van der Waals surface area (Å²) >= 11 is 0. The van der Waals surface area contributed by atoms with Crippen molar-refractivity contribution >= 4 is 67.6 Å². The van der Waals surface area contributed by atoms with Crippen LogP contribution in [0.15, 0.2) is 188 Å². The molecule has 9 rings (SSSR count). The third-order valence-corrected chi connectivity index (χ3v) is 8.29. The van der Waals surface area contributed by atoms with E-state index in [0.717, 1.165) is 50.8 Å². The minimum absolute atomic E-state index is 0. The van der Waals surface area contributed by atoms with Gasteiger partial charge in [-0.3, -0.25) is 0 Å². The van der Waals surface area contributed by atoms with E-state index in [-0.39, 0.29) is 22.4 Å². The first-order valence-corrected chi connectivity index (χ1v) is 15.7. The summed E-state index contributed by atoms with van der Waals surface area (Å²) in [6.07, 6.45) is 0. The molecule has 1 aliphatic rings. The molecule has 0 fully saturated rings. The molecule has 0 saturated carbocycles. The Kier molecular flexibility index (Phi) is 8.97. The summed E-state index contributed by atoms with van der Waals surface area (Å²) < 4.78 is 4.20. The number of anilines is 3. The Labute approximate surface area is 295 Å². The van der Waals surface area contributed by atoms with Gasteiger partial charge in [0.15, 0.2) is 0 Å². The molecule has 0 amide bonds. The normalized spacial score (nSPS) is 11.5. The van der Waals surface area contributed by atoms with Crippen molar-refractivity contribution in [1.82, 2.24) is 14.1 Å². The van der Waals surface area contributed by atoms with Crippen LogP contribution in [0.3, 0.4) is 0 Å². The third-order valence-electron chi connectivity index (χ3n) is 8.29. The number of benzene rings is 7. The minimum atomic E-state index is 0. The first kappa shape index (κ1) is 30.9. The van der Waals surface area contributed by atoms with Crippen molar-refractivity contribution < 1.29 is 22.4 Å². The van der Waals surface area contributed by atoms with Gasteiger partial charge in [0.1, 0.15) is 0 Å². The van der Waals surface area contributed by atoms with Crippen LogP contribution in [0.1, 0.15) is 0 Å². The third kappa shape index (κ3) is 6.05. The zero-order valence-corrected chi connectivity index (χ0v) is 28.2.